The van der Waals surface area contributed by atoms with Crippen LogP contribution in [0, 0.1) is 5.92 Å². The Labute approximate surface area is 140 Å². The summed E-state index contributed by atoms with van der Waals surface area (Å²) in [6.07, 6.45) is 10.2. The third-order valence-corrected chi connectivity index (χ3v) is 5.14. The van der Waals surface area contributed by atoms with E-state index < -0.39 is 11.7 Å². The van der Waals surface area contributed by atoms with Crippen molar-refractivity contribution in [2.24, 2.45) is 5.92 Å². The van der Waals surface area contributed by atoms with E-state index >= 15 is 0 Å². The lowest BCUT2D eigenvalue weighted by Crippen LogP contribution is -2.43. The number of allylic oxidation sites excluding steroid dienone is 5. The Bertz CT molecular complexity index is 539. The highest BCUT2D eigenvalue weighted by Gasteiger charge is 2.38. The minimum absolute atomic E-state index is 0.254. The molecule has 0 saturated heterocycles. The van der Waals surface area contributed by atoms with Gasteiger partial charge in [-0.2, -0.15) is 0 Å². The molecule has 0 aromatic heterocycles. The molecule has 23 heavy (non-hydrogen) atoms. The second-order valence-electron chi connectivity index (χ2n) is 7.43. The second-order valence-corrected chi connectivity index (χ2v) is 7.43. The van der Waals surface area contributed by atoms with Crippen LogP contribution in [0.1, 0.15) is 66.2 Å². The topological polar surface area (TPSA) is 46.5 Å². The third kappa shape index (κ3) is 4.57. The Morgan fingerprint density at radius 1 is 1.26 bits per heavy atom. The molecule has 2 heterocycles. The molecule has 0 aromatic carbocycles. The van der Waals surface area contributed by atoms with Gasteiger partial charge in [0, 0.05) is 5.57 Å². The number of fused-ring (bicyclic) bond motifs is 3. The molecular formula is C20H30O3. The Morgan fingerprint density at radius 2 is 2.00 bits per heavy atom. The lowest BCUT2D eigenvalue weighted by molar-refractivity contribution is -0.166. The molecule has 0 fully saturated rings. The summed E-state index contributed by atoms with van der Waals surface area (Å²) in [6.45, 7) is 8.34. The van der Waals surface area contributed by atoms with Crippen molar-refractivity contribution in [2.75, 3.05) is 0 Å². The van der Waals surface area contributed by atoms with E-state index in [0.717, 1.165) is 24.8 Å². The van der Waals surface area contributed by atoms with E-state index in [4.69, 9.17) is 4.74 Å². The Balaban J connectivity index is 2.32. The van der Waals surface area contributed by atoms with Crippen LogP contribution in [0.5, 0.6) is 0 Å². The minimum Gasteiger partial charge on any atom is -0.453 e. The van der Waals surface area contributed by atoms with Gasteiger partial charge >= 0.3 is 5.97 Å². The zero-order valence-electron chi connectivity index (χ0n) is 14.9. The number of hydrogen-bond donors (Lipinski definition) is 1. The van der Waals surface area contributed by atoms with E-state index in [1.165, 1.54) is 11.1 Å². The van der Waals surface area contributed by atoms with Gasteiger partial charge in [-0.15, -0.1) is 0 Å². The van der Waals surface area contributed by atoms with E-state index in [2.05, 4.69) is 32.9 Å². The Kier molecular flexibility index (Phi) is 5.85. The molecule has 3 nitrogen and oxygen atoms in total. The van der Waals surface area contributed by atoms with Gasteiger partial charge in [0.05, 0.1) is 6.10 Å². The fourth-order valence-electron chi connectivity index (χ4n) is 3.23. The zero-order valence-corrected chi connectivity index (χ0v) is 14.9. The first-order chi connectivity index (χ1) is 10.8. The number of esters is 1. The molecule has 0 spiro atoms. The number of ether oxygens (including phenoxy) is 1. The second kappa shape index (κ2) is 7.48. The number of hydrogen-bond acceptors (Lipinski definition) is 3. The van der Waals surface area contributed by atoms with Crippen molar-refractivity contribution in [1.29, 1.82) is 0 Å². The molecule has 2 aliphatic heterocycles. The van der Waals surface area contributed by atoms with Crippen LogP contribution in [-0.4, -0.2) is 22.8 Å². The van der Waals surface area contributed by atoms with Crippen molar-refractivity contribution in [1.82, 2.24) is 0 Å². The van der Waals surface area contributed by atoms with Crippen molar-refractivity contribution in [2.45, 2.75) is 77.9 Å². The minimum atomic E-state index is -0.780. The molecule has 0 amide bonds. The van der Waals surface area contributed by atoms with Gasteiger partial charge in [-0.3, -0.25) is 0 Å². The molecule has 0 unspecified atom stereocenters. The average molecular weight is 318 g/mol. The van der Waals surface area contributed by atoms with Gasteiger partial charge in [-0.1, -0.05) is 43.2 Å². The lowest BCUT2D eigenvalue weighted by Gasteiger charge is -2.33. The van der Waals surface area contributed by atoms with E-state index in [-0.39, 0.29) is 5.97 Å². The number of carbonyl (C=O) groups excluding carboxylic acids is 1. The normalized spacial score (nSPS) is 34.8. The van der Waals surface area contributed by atoms with Gasteiger partial charge in [-0.05, 0) is 58.3 Å². The van der Waals surface area contributed by atoms with Crippen LogP contribution in [-0.2, 0) is 9.53 Å². The first-order valence-electron chi connectivity index (χ1n) is 8.78. The molecule has 128 valence electrons. The summed E-state index contributed by atoms with van der Waals surface area (Å²) < 4.78 is 5.72. The molecule has 1 N–H and O–H groups in total. The maximum atomic E-state index is 12.5. The standard InChI is InChI=1S/C20H30O3/c1-14(2)16-9-7-15(3)8-12-18(21)20(4)13-5-6-17(11-10-16)19(22)23-20/h6-7,9,14,18,21H,5,8,10-13H2,1-4H3/b15-7+,16-9+/t18-,20+/m1/s1. The number of rotatable bonds is 1. The first kappa shape index (κ1) is 18.0. The van der Waals surface area contributed by atoms with Gasteiger partial charge in [0.2, 0.25) is 0 Å². The van der Waals surface area contributed by atoms with E-state index in [9.17, 15) is 9.90 Å². The van der Waals surface area contributed by atoms with Gasteiger partial charge in [0.25, 0.3) is 0 Å². The highest BCUT2D eigenvalue weighted by Crippen LogP contribution is 2.32. The zero-order chi connectivity index (χ0) is 17.0. The quantitative estimate of drug-likeness (QED) is 0.725. The third-order valence-electron chi connectivity index (χ3n) is 5.14. The van der Waals surface area contributed by atoms with Crippen LogP contribution in [0.4, 0.5) is 0 Å². The van der Waals surface area contributed by atoms with Crippen molar-refractivity contribution in [3.63, 3.8) is 0 Å². The van der Waals surface area contributed by atoms with Crippen molar-refractivity contribution in [3.05, 3.63) is 34.9 Å². The van der Waals surface area contributed by atoms with Crippen LogP contribution in [0.2, 0.25) is 0 Å². The summed E-state index contributed by atoms with van der Waals surface area (Å²) in [7, 11) is 0. The van der Waals surface area contributed by atoms with Crippen LogP contribution < -0.4 is 0 Å². The highest BCUT2D eigenvalue weighted by molar-refractivity contribution is 5.89. The maximum Gasteiger partial charge on any atom is 0.334 e. The Hall–Kier alpha value is -1.35. The molecule has 2 bridgehead atoms. The first-order valence-corrected chi connectivity index (χ1v) is 8.78. The predicted octanol–water partition coefficient (Wildman–Crippen LogP) is 4.47. The summed E-state index contributed by atoms with van der Waals surface area (Å²) in [5, 5.41) is 10.6. The van der Waals surface area contributed by atoms with Gasteiger partial charge in [0.1, 0.15) is 5.60 Å². The van der Waals surface area contributed by atoms with Crippen molar-refractivity contribution < 1.29 is 14.6 Å². The Morgan fingerprint density at radius 3 is 2.70 bits per heavy atom. The molecule has 2 aliphatic rings. The van der Waals surface area contributed by atoms with Crippen molar-refractivity contribution in [3.8, 4) is 0 Å². The lowest BCUT2D eigenvalue weighted by atomic mass is 9.89. The molecular weight excluding hydrogens is 288 g/mol. The molecule has 0 aromatic rings. The van der Waals surface area contributed by atoms with E-state index in [1.807, 2.05) is 13.0 Å². The average Bonchev–Trinajstić information content (AvgIpc) is 2.62. The molecule has 0 radical (unpaired) electrons. The smallest absolute Gasteiger partial charge is 0.334 e. The highest BCUT2D eigenvalue weighted by atomic mass is 16.6. The largest absolute Gasteiger partial charge is 0.453 e. The van der Waals surface area contributed by atoms with Gasteiger partial charge in [0.15, 0.2) is 0 Å². The molecule has 2 rings (SSSR count). The number of carbonyl (C=O) groups is 1. The van der Waals surface area contributed by atoms with Gasteiger partial charge < -0.3 is 9.84 Å². The molecule has 2 atom stereocenters. The molecule has 0 aliphatic carbocycles. The van der Waals surface area contributed by atoms with Gasteiger partial charge in [-0.25, -0.2) is 4.79 Å². The van der Waals surface area contributed by atoms with Crippen LogP contribution in [0.25, 0.3) is 0 Å². The molecule has 3 heteroatoms. The van der Waals surface area contributed by atoms with Crippen LogP contribution in [0.15, 0.2) is 34.9 Å². The van der Waals surface area contributed by atoms with Crippen molar-refractivity contribution >= 4 is 5.97 Å². The fraction of sp³-hybridized carbons (Fsp3) is 0.650. The number of aliphatic hydroxyl groups excluding tert-OH is 1. The van der Waals surface area contributed by atoms with Crippen LogP contribution >= 0.6 is 0 Å². The summed E-state index contributed by atoms with van der Waals surface area (Å²) in [5.41, 5.74) is 2.58. The van der Waals surface area contributed by atoms with E-state index in [0.29, 0.717) is 25.2 Å². The SMILES string of the molecule is C/C1=C\C=C(\C(C)C)CCC2=CCC[C@](C)(OC2=O)[C@H](O)CC1. The predicted molar refractivity (Wildman–Crippen MR) is 93.0 cm³/mol. The maximum absolute atomic E-state index is 12.5. The summed E-state index contributed by atoms with van der Waals surface area (Å²) in [4.78, 5) is 12.5. The number of aliphatic hydroxyl groups is 1. The monoisotopic (exact) mass is 318 g/mol. The van der Waals surface area contributed by atoms with Crippen LogP contribution in [0.3, 0.4) is 0 Å². The summed E-state index contributed by atoms with van der Waals surface area (Å²) in [5.74, 6) is 0.207. The summed E-state index contributed by atoms with van der Waals surface area (Å²) in [6, 6.07) is 0. The fourth-order valence-corrected chi connectivity index (χ4v) is 3.23. The van der Waals surface area contributed by atoms with E-state index in [1.54, 1.807) is 0 Å². The molecule has 0 saturated carbocycles. The summed E-state index contributed by atoms with van der Waals surface area (Å²) >= 11 is 0.